The molecular weight excluding hydrogens is 218 g/mol. The number of ether oxygens (including phenoxy) is 3. The van der Waals surface area contributed by atoms with Gasteiger partial charge in [0.15, 0.2) is 5.79 Å². The number of anilines is 1. The second-order valence-electron chi connectivity index (χ2n) is 4.72. The lowest BCUT2D eigenvalue weighted by atomic mass is 10.1. The van der Waals surface area contributed by atoms with Gasteiger partial charge in [-0.15, -0.1) is 0 Å². The van der Waals surface area contributed by atoms with Crippen LogP contribution in [-0.2, 0) is 15.9 Å². The van der Waals surface area contributed by atoms with Crippen LogP contribution >= 0.6 is 0 Å². The quantitative estimate of drug-likeness (QED) is 0.817. The summed E-state index contributed by atoms with van der Waals surface area (Å²) in [4.78, 5) is 0. The number of rotatable bonds is 3. The van der Waals surface area contributed by atoms with E-state index in [9.17, 15) is 0 Å². The zero-order chi connectivity index (χ0) is 12.5. The standard InChI is InChI=1S/C13H19NO3/c1-13(2)16-8-11(17-13)6-9-4-5-10(15-3)7-12(9)14/h4-5,7,11H,6,8,14H2,1-3H3. The van der Waals surface area contributed by atoms with Crippen molar-refractivity contribution < 1.29 is 14.2 Å². The summed E-state index contributed by atoms with van der Waals surface area (Å²) >= 11 is 0. The molecule has 0 bridgehead atoms. The molecule has 1 aromatic rings. The van der Waals surface area contributed by atoms with Crippen LogP contribution in [0.2, 0.25) is 0 Å². The number of hydrogen-bond acceptors (Lipinski definition) is 4. The Morgan fingerprint density at radius 1 is 1.47 bits per heavy atom. The van der Waals surface area contributed by atoms with Gasteiger partial charge in [0.05, 0.1) is 19.8 Å². The molecule has 0 amide bonds. The van der Waals surface area contributed by atoms with Gasteiger partial charge in [0, 0.05) is 18.2 Å². The molecule has 1 aromatic carbocycles. The highest BCUT2D eigenvalue weighted by atomic mass is 16.7. The maximum absolute atomic E-state index is 5.97. The van der Waals surface area contributed by atoms with E-state index in [4.69, 9.17) is 19.9 Å². The van der Waals surface area contributed by atoms with Gasteiger partial charge in [0.25, 0.3) is 0 Å². The van der Waals surface area contributed by atoms with E-state index in [1.54, 1.807) is 7.11 Å². The number of nitrogen functional groups attached to an aromatic ring is 1. The minimum atomic E-state index is -0.480. The highest BCUT2D eigenvalue weighted by Gasteiger charge is 2.32. The van der Waals surface area contributed by atoms with Crippen LogP contribution in [-0.4, -0.2) is 25.6 Å². The predicted octanol–water partition coefficient (Wildman–Crippen LogP) is 1.97. The van der Waals surface area contributed by atoms with Crippen molar-refractivity contribution in [2.75, 3.05) is 19.5 Å². The zero-order valence-electron chi connectivity index (χ0n) is 10.5. The molecule has 0 saturated carbocycles. The topological polar surface area (TPSA) is 53.7 Å². The maximum atomic E-state index is 5.97. The summed E-state index contributed by atoms with van der Waals surface area (Å²) in [5, 5.41) is 0. The van der Waals surface area contributed by atoms with Gasteiger partial charge in [-0.3, -0.25) is 0 Å². The van der Waals surface area contributed by atoms with Crippen LogP contribution in [0.3, 0.4) is 0 Å². The molecule has 1 fully saturated rings. The van der Waals surface area contributed by atoms with Gasteiger partial charge in [-0.05, 0) is 25.5 Å². The number of benzene rings is 1. The smallest absolute Gasteiger partial charge is 0.163 e. The Kier molecular flexibility index (Phi) is 3.26. The normalized spacial score (nSPS) is 22.6. The molecule has 2 rings (SSSR count). The maximum Gasteiger partial charge on any atom is 0.163 e. The molecule has 1 atom stereocenters. The van der Waals surface area contributed by atoms with Crippen molar-refractivity contribution in [1.82, 2.24) is 0 Å². The molecule has 4 heteroatoms. The summed E-state index contributed by atoms with van der Waals surface area (Å²) in [6, 6.07) is 5.71. The van der Waals surface area contributed by atoms with Crippen molar-refractivity contribution in [2.45, 2.75) is 32.2 Å². The molecule has 4 nitrogen and oxygen atoms in total. The summed E-state index contributed by atoms with van der Waals surface area (Å²) in [5.41, 5.74) is 7.77. The summed E-state index contributed by atoms with van der Waals surface area (Å²) in [6.07, 6.45) is 0.833. The third-order valence-corrected chi connectivity index (χ3v) is 2.87. The summed E-state index contributed by atoms with van der Waals surface area (Å²) < 4.78 is 16.4. The Morgan fingerprint density at radius 2 is 2.24 bits per heavy atom. The van der Waals surface area contributed by atoms with Crippen molar-refractivity contribution in [3.63, 3.8) is 0 Å². The molecule has 0 aliphatic carbocycles. The molecule has 1 saturated heterocycles. The average molecular weight is 237 g/mol. The molecule has 1 aliphatic rings. The van der Waals surface area contributed by atoms with E-state index in [1.165, 1.54) is 0 Å². The average Bonchev–Trinajstić information content (AvgIpc) is 2.61. The van der Waals surface area contributed by atoms with Crippen molar-refractivity contribution >= 4 is 5.69 Å². The minimum Gasteiger partial charge on any atom is -0.497 e. The zero-order valence-corrected chi connectivity index (χ0v) is 10.5. The SMILES string of the molecule is COc1ccc(CC2COC(C)(C)O2)c(N)c1. The summed E-state index contributed by atoms with van der Waals surface area (Å²) in [7, 11) is 1.63. The Hall–Kier alpha value is -1.26. The van der Waals surface area contributed by atoms with E-state index in [0.717, 1.165) is 23.4 Å². The number of hydrogen-bond donors (Lipinski definition) is 1. The van der Waals surface area contributed by atoms with Crippen molar-refractivity contribution in [2.24, 2.45) is 0 Å². The van der Waals surface area contributed by atoms with E-state index in [1.807, 2.05) is 32.0 Å². The number of methoxy groups -OCH3 is 1. The highest BCUT2D eigenvalue weighted by Crippen LogP contribution is 2.27. The molecule has 0 radical (unpaired) electrons. The van der Waals surface area contributed by atoms with Gasteiger partial charge in [-0.1, -0.05) is 6.07 Å². The summed E-state index contributed by atoms with van der Waals surface area (Å²) in [5.74, 6) is 0.293. The van der Waals surface area contributed by atoms with Crippen molar-refractivity contribution in [3.05, 3.63) is 23.8 Å². The van der Waals surface area contributed by atoms with Gasteiger partial charge < -0.3 is 19.9 Å². The van der Waals surface area contributed by atoms with Crippen molar-refractivity contribution in [1.29, 1.82) is 0 Å². The minimum absolute atomic E-state index is 0.0701. The third-order valence-electron chi connectivity index (χ3n) is 2.87. The van der Waals surface area contributed by atoms with E-state index in [2.05, 4.69) is 0 Å². The van der Waals surface area contributed by atoms with E-state index >= 15 is 0 Å². The van der Waals surface area contributed by atoms with Crippen LogP contribution in [0.15, 0.2) is 18.2 Å². The third kappa shape index (κ3) is 2.90. The fourth-order valence-corrected chi connectivity index (χ4v) is 1.99. The molecule has 17 heavy (non-hydrogen) atoms. The molecule has 0 aromatic heterocycles. The lowest BCUT2D eigenvalue weighted by molar-refractivity contribution is -0.138. The molecule has 0 spiro atoms. The van der Waals surface area contributed by atoms with Gasteiger partial charge in [-0.2, -0.15) is 0 Å². The lowest BCUT2D eigenvalue weighted by Gasteiger charge is -2.17. The molecule has 1 heterocycles. The Balaban J connectivity index is 2.04. The first-order valence-electron chi connectivity index (χ1n) is 5.74. The predicted molar refractivity (Wildman–Crippen MR) is 66.0 cm³/mol. The molecule has 2 N–H and O–H groups in total. The van der Waals surface area contributed by atoms with Gasteiger partial charge in [0.1, 0.15) is 5.75 Å². The van der Waals surface area contributed by atoms with Crippen LogP contribution in [0.25, 0.3) is 0 Å². The second-order valence-corrected chi connectivity index (χ2v) is 4.72. The highest BCUT2D eigenvalue weighted by molar-refractivity contribution is 5.51. The first-order valence-corrected chi connectivity index (χ1v) is 5.74. The van der Waals surface area contributed by atoms with Gasteiger partial charge >= 0.3 is 0 Å². The van der Waals surface area contributed by atoms with Gasteiger partial charge in [-0.25, -0.2) is 0 Å². The van der Waals surface area contributed by atoms with E-state index in [-0.39, 0.29) is 6.10 Å². The fraction of sp³-hybridized carbons (Fsp3) is 0.538. The largest absolute Gasteiger partial charge is 0.497 e. The van der Waals surface area contributed by atoms with E-state index in [0.29, 0.717) is 6.61 Å². The summed E-state index contributed by atoms with van der Waals surface area (Å²) in [6.45, 7) is 4.45. The Morgan fingerprint density at radius 3 is 2.76 bits per heavy atom. The number of nitrogens with two attached hydrogens (primary N) is 1. The van der Waals surface area contributed by atoms with Crippen LogP contribution < -0.4 is 10.5 Å². The molecule has 94 valence electrons. The first-order chi connectivity index (χ1) is 8.00. The Bertz CT molecular complexity index is 404. The van der Waals surface area contributed by atoms with Crippen LogP contribution in [0.1, 0.15) is 19.4 Å². The van der Waals surface area contributed by atoms with Gasteiger partial charge in [0.2, 0.25) is 0 Å². The monoisotopic (exact) mass is 237 g/mol. The first kappa shape index (κ1) is 12.2. The van der Waals surface area contributed by atoms with Crippen molar-refractivity contribution in [3.8, 4) is 5.75 Å². The lowest BCUT2D eigenvalue weighted by Crippen LogP contribution is -2.22. The van der Waals surface area contributed by atoms with E-state index < -0.39 is 5.79 Å². The molecular formula is C13H19NO3. The Labute approximate surface area is 102 Å². The van der Waals surface area contributed by atoms with Crippen LogP contribution in [0, 0.1) is 0 Å². The molecule has 1 unspecified atom stereocenters. The second kappa shape index (κ2) is 4.55. The van der Waals surface area contributed by atoms with Crippen LogP contribution in [0.5, 0.6) is 5.75 Å². The fourth-order valence-electron chi connectivity index (χ4n) is 1.99. The molecule has 1 aliphatic heterocycles. The van der Waals surface area contributed by atoms with Crippen LogP contribution in [0.4, 0.5) is 5.69 Å².